The van der Waals surface area contributed by atoms with Crippen molar-refractivity contribution < 1.29 is 18.9 Å². The van der Waals surface area contributed by atoms with E-state index in [1.807, 2.05) is 39.0 Å². The molecule has 0 radical (unpaired) electrons. The Morgan fingerprint density at radius 2 is 2.00 bits per heavy atom. The first kappa shape index (κ1) is 21.1. The number of para-hydroxylation sites is 1. The standard InChI is InChI=1S/C23H28N4O4/c1-15-18(16(2)31-24-15)14-25(4)20(28)10-7-13-26-22(30)17-8-5-6-9-19(17)27-21(29)11-12-23(26,27)3/h5-6,8-9H,7,10-14H2,1-4H3. The fourth-order valence-corrected chi connectivity index (χ4v) is 4.67. The number of nitrogens with zero attached hydrogens (tertiary/aromatic N) is 4. The van der Waals surface area contributed by atoms with Gasteiger partial charge in [-0.3, -0.25) is 19.3 Å². The predicted octanol–water partition coefficient (Wildman–Crippen LogP) is 3.03. The van der Waals surface area contributed by atoms with Gasteiger partial charge in [0, 0.05) is 32.0 Å². The topological polar surface area (TPSA) is 87.0 Å². The summed E-state index contributed by atoms with van der Waals surface area (Å²) in [6.45, 7) is 6.49. The van der Waals surface area contributed by atoms with Crippen LogP contribution in [0, 0.1) is 13.8 Å². The minimum Gasteiger partial charge on any atom is -0.361 e. The Kier molecular flexibility index (Phi) is 5.33. The second kappa shape index (κ2) is 7.83. The number of carbonyl (C=O) groups excluding carboxylic acids is 3. The monoisotopic (exact) mass is 424 g/mol. The fraction of sp³-hybridized carbons (Fsp3) is 0.478. The van der Waals surface area contributed by atoms with E-state index in [4.69, 9.17) is 4.52 Å². The minimum atomic E-state index is -0.686. The smallest absolute Gasteiger partial charge is 0.257 e. The summed E-state index contributed by atoms with van der Waals surface area (Å²) < 4.78 is 5.17. The van der Waals surface area contributed by atoms with Crippen molar-refractivity contribution in [1.82, 2.24) is 15.0 Å². The summed E-state index contributed by atoms with van der Waals surface area (Å²) in [6.07, 6.45) is 1.84. The van der Waals surface area contributed by atoms with Crippen LogP contribution in [0.15, 0.2) is 28.8 Å². The van der Waals surface area contributed by atoms with Crippen LogP contribution in [0.2, 0.25) is 0 Å². The van der Waals surface area contributed by atoms with E-state index in [-0.39, 0.29) is 17.7 Å². The van der Waals surface area contributed by atoms with Crippen LogP contribution in [-0.4, -0.2) is 51.9 Å². The highest BCUT2D eigenvalue weighted by molar-refractivity contribution is 6.10. The van der Waals surface area contributed by atoms with Crippen LogP contribution in [0.3, 0.4) is 0 Å². The fourth-order valence-electron chi connectivity index (χ4n) is 4.67. The Hall–Kier alpha value is -3.16. The van der Waals surface area contributed by atoms with E-state index in [9.17, 15) is 14.4 Å². The highest BCUT2D eigenvalue weighted by Gasteiger charge is 2.52. The summed E-state index contributed by atoms with van der Waals surface area (Å²) >= 11 is 0. The molecule has 1 aromatic heterocycles. The van der Waals surface area contributed by atoms with Gasteiger partial charge in [-0.25, -0.2) is 0 Å². The van der Waals surface area contributed by atoms with E-state index in [1.165, 1.54) is 0 Å². The largest absolute Gasteiger partial charge is 0.361 e. The number of benzene rings is 1. The Labute approximate surface area is 181 Å². The molecule has 0 saturated carbocycles. The second-order valence-electron chi connectivity index (χ2n) is 8.58. The lowest BCUT2D eigenvalue weighted by Gasteiger charge is -2.48. The van der Waals surface area contributed by atoms with Gasteiger partial charge in [0.1, 0.15) is 11.4 Å². The molecule has 1 fully saturated rings. The van der Waals surface area contributed by atoms with Gasteiger partial charge in [0.15, 0.2) is 0 Å². The first-order valence-corrected chi connectivity index (χ1v) is 10.6. The minimum absolute atomic E-state index is 0.00522. The zero-order valence-corrected chi connectivity index (χ0v) is 18.5. The molecule has 164 valence electrons. The van der Waals surface area contributed by atoms with Gasteiger partial charge in [0.05, 0.1) is 23.5 Å². The zero-order valence-electron chi connectivity index (χ0n) is 18.5. The van der Waals surface area contributed by atoms with Gasteiger partial charge in [-0.2, -0.15) is 0 Å². The summed E-state index contributed by atoms with van der Waals surface area (Å²) in [5.41, 5.74) is 2.25. The van der Waals surface area contributed by atoms with Crippen molar-refractivity contribution >= 4 is 23.4 Å². The third-order valence-electron chi connectivity index (χ3n) is 6.52. The quantitative estimate of drug-likeness (QED) is 0.711. The van der Waals surface area contributed by atoms with Gasteiger partial charge >= 0.3 is 0 Å². The summed E-state index contributed by atoms with van der Waals surface area (Å²) in [5.74, 6) is 0.659. The average molecular weight is 425 g/mol. The molecule has 2 aliphatic rings. The average Bonchev–Trinajstić information content (AvgIpc) is 3.23. The molecule has 8 heteroatoms. The first-order valence-electron chi connectivity index (χ1n) is 10.6. The van der Waals surface area contributed by atoms with Gasteiger partial charge in [-0.1, -0.05) is 17.3 Å². The molecule has 1 atom stereocenters. The van der Waals surface area contributed by atoms with Gasteiger partial charge < -0.3 is 14.3 Å². The molecule has 1 saturated heterocycles. The Balaban J connectivity index is 1.44. The van der Waals surface area contributed by atoms with Crippen LogP contribution in [-0.2, 0) is 16.1 Å². The van der Waals surface area contributed by atoms with Crippen molar-refractivity contribution in [2.45, 2.75) is 58.7 Å². The van der Waals surface area contributed by atoms with Gasteiger partial charge in [-0.05, 0) is 45.7 Å². The van der Waals surface area contributed by atoms with E-state index >= 15 is 0 Å². The summed E-state index contributed by atoms with van der Waals surface area (Å²) in [7, 11) is 1.76. The maximum atomic E-state index is 13.2. The lowest BCUT2D eigenvalue weighted by molar-refractivity contribution is -0.130. The number of aryl methyl sites for hydroxylation is 2. The number of anilines is 1. The molecule has 8 nitrogen and oxygen atoms in total. The Morgan fingerprint density at radius 3 is 2.71 bits per heavy atom. The van der Waals surface area contributed by atoms with Crippen LogP contribution < -0.4 is 4.90 Å². The number of amides is 3. The molecule has 3 heterocycles. The number of aromatic nitrogens is 1. The number of fused-ring (bicyclic) bond motifs is 3. The van der Waals surface area contributed by atoms with Gasteiger partial charge in [0.2, 0.25) is 11.8 Å². The first-order chi connectivity index (χ1) is 14.7. The van der Waals surface area contributed by atoms with Crippen molar-refractivity contribution in [2.75, 3.05) is 18.5 Å². The number of rotatable bonds is 6. The van der Waals surface area contributed by atoms with Crippen LogP contribution in [0.1, 0.15) is 60.0 Å². The van der Waals surface area contributed by atoms with Crippen molar-refractivity contribution in [3.63, 3.8) is 0 Å². The number of hydrogen-bond acceptors (Lipinski definition) is 5. The second-order valence-corrected chi connectivity index (χ2v) is 8.58. The molecule has 3 amide bonds. The molecule has 4 rings (SSSR count). The molecule has 0 spiro atoms. The highest BCUT2D eigenvalue weighted by Crippen LogP contribution is 2.44. The maximum absolute atomic E-state index is 13.2. The van der Waals surface area contributed by atoms with Crippen LogP contribution >= 0.6 is 0 Å². The third kappa shape index (κ3) is 3.49. The molecule has 1 aromatic carbocycles. The number of hydrogen-bond donors (Lipinski definition) is 0. The van der Waals surface area contributed by atoms with E-state index in [0.717, 1.165) is 11.3 Å². The molecule has 31 heavy (non-hydrogen) atoms. The van der Waals surface area contributed by atoms with Crippen molar-refractivity contribution in [3.05, 3.63) is 46.8 Å². The highest BCUT2D eigenvalue weighted by atomic mass is 16.5. The molecule has 2 aliphatic heterocycles. The molecule has 0 bridgehead atoms. The van der Waals surface area contributed by atoms with Crippen molar-refractivity contribution in [1.29, 1.82) is 0 Å². The predicted molar refractivity (Wildman–Crippen MR) is 114 cm³/mol. The molecule has 2 aromatic rings. The van der Waals surface area contributed by atoms with Gasteiger partial charge in [0.25, 0.3) is 5.91 Å². The normalized spacial score (nSPS) is 20.1. The molecule has 0 aliphatic carbocycles. The van der Waals surface area contributed by atoms with Crippen LogP contribution in [0.25, 0.3) is 0 Å². The molecular weight excluding hydrogens is 396 g/mol. The SMILES string of the molecule is Cc1noc(C)c1CN(C)C(=O)CCCN1C(=O)c2ccccc2N2C(=O)CCC12C. The Bertz CT molecular complexity index is 1030. The van der Waals surface area contributed by atoms with Crippen molar-refractivity contribution in [2.24, 2.45) is 0 Å². The summed E-state index contributed by atoms with van der Waals surface area (Å²) in [5, 5.41) is 3.93. The third-order valence-corrected chi connectivity index (χ3v) is 6.52. The van der Waals surface area contributed by atoms with E-state index in [2.05, 4.69) is 5.16 Å². The lowest BCUT2D eigenvalue weighted by atomic mass is 9.98. The summed E-state index contributed by atoms with van der Waals surface area (Å²) in [4.78, 5) is 43.7. The van der Waals surface area contributed by atoms with Crippen molar-refractivity contribution in [3.8, 4) is 0 Å². The van der Waals surface area contributed by atoms with E-state index in [1.54, 1.807) is 27.8 Å². The van der Waals surface area contributed by atoms with Crippen LogP contribution in [0.5, 0.6) is 0 Å². The molecular formula is C23H28N4O4. The van der Waals surface area contributed by atoms with Crippen LogP contribution in [0.4, 0.5) is 5.69 Å². The van der Waals surface area contributed by atoms with E-state index < -0.39 is 5.66 Å². The molecule has 1 unspecified atom stereocenters. The van der Waals surface area contributed by atoms with Gasteiger partial charge in [-0.15, -0.1) is 0 Å². The zero-order chi connectivity index (χ0) is 22.3. The summed E-state index contributed by atoms with van der Waals surface area (Å²) in [6, 6.07) is 7.25. The van der Waals surface area contributed by atoms with E-state index in [0.29, 0.717) is 55.8 Å². The maximum Gasteiger partial charge on any atom is 0.257 e. The molecule has 0 N–H and O–H groups in total. The Morgan fingerprint density at radius 1 is 1.26 bits per heavy atom. The number of carbonyl (C=O) groups is 3. The lowest BCUT2D eigenvalue weighted by Crippen LogP contribution is -2.62.